The summed E-state index contributed by atoms with van der Waals surface area (Å²) in [5, 5.41) is 14.5. The van der Waals surface area contributed by atoms with E-state index in [1.165, 1.54) is 6.20 Å². The van der Waals surface area contributed by atoms with Crippen molar-refractivity contribution in [2.24, 2.45) is 0 Å². The molecule has 0 radical (unpaired) electrons. The number of nitriles is 1. The van der Waals surface area contributed by atoms with Crippen molar-refractivity contribution in [1.29, 1.82) is 5.26 Å². The summed E-state index contributed by atoms with van der Waals surface area (Å²) in [7, 11) is 0. The minimum atomic E-state index is -0.386. The summed E-state index contributed by atoms with van der Waals surface area (Å²) in [6.07, 6.45) is 2.20. The normalized spacial score (nSPS) is 12.7. The third kappa shape index (κ3) is 3.20. The van der Waals surface area contributed by atoms with E-state index in [2.05, 4.69) is 10.6 Å². The molecule has 104 valence electrons. The second-order valence-corrected chi connectivity index (χ2v) is 4.14. The summed E-state index contributed by atoms with van der Waals surface area (Å²) in [4.78, 5) is 11.7. The van der Waals surface area contributed by atoms with E-state index in [9.17, 15) is 4.79 Å². The van der Waals surface area contributed by atoms with Gasteiger partial charge in [-0.05, 0) is 18.6 Å². The van der Waals surface area contributed by atoms with E-state index >= 15 is 0 Å². The lowest BCUT2D eigenvalue weighted by Gasteiger charge is -2.04. The van der Waals surface area contributed by atoms with Crippen molar-refractivity contribution in [3.63, 3.8) is 0 Å². The number of fused-ring (bicyclic) bond motifs is 1. The first-order valence-electron chi connectivity index (χ1n) is 6.29. The quantitative estimate of drug-likeness (QED) is 0.631. The number of anilines is 1. The lowest BCUT2D eigenvalue weighted by molar-refractivity contribution is -0.117. The Bertz CT molecular complexity index is 576. The van der Waals surface area contributed by atoms with Gasteiger partial charge in [-0.25, -0.2) is 0 Å². The molecule has 1 aromatic carbocycles. The zero-order valence-electron chi connectivity index (χ0n) is 11.1. The highest BCUT2D eigenvalue weighted by atomic mass is 16.7. The second kappa shape index (κ2) is 6.48. The van der Waals surface area contributed by atoms with Crippen molar-refractivity contribution >= 4 is 11.6 Å². The van der Waals surface area contributed by atoms with Crippen molar-refractivity contribution in [3.8, 4) is 17.6 Å². The van der Waals surface area contributed by atoms with Crippen LogP contribution < -0.4 is 20.1 Å². The Balaban J connectivity index is 2.03. The fourth-order valence-corrected chi connectivity index (χ4v) is 1.62. The van der Waals surface area contributed by atoms with Crippen LogP contribution in [0.5, 0.6) is 11.5 Å². The highest BCUT2D eigenvalue weighted by Gasteiger charge is 2.13. The molecule has 0 atom stereocenters. The van der Waals surface area contributed by atoms with Gasteiger partial charge in [0.05, 0.1) is 0 Å². The molecule has 0 bridgehead atoms. The van der Waals surface area contributed by atoms with Gasteiger partial charge in [-0.2, -0.15) is 5.26 Å². The van der Waals surface area contributed by atoms with Crippen LogP contribution in [0.25, 0.3) is 0 Å². The number of hydrogen-bond donors (Lipinski definition) is 2. The first-order chi connectivity index (χ1) is 9.74. The van der Waals surface area contributed by atoms with Crippen LogP contribution in [0, 0.1) is 11.3 Å². The average molecular weight is 273 g/mol. The van der Waals surface area contributed by atoms with Gasteiger partial charge in [0.15, 0.2) is 11.5 Å². The molecule has 6 nitrogen and oxygen atoms in total. The molecular weight excluding hydrogens is 258 g/mol. The molecule has 0 fully saturated rings. The van der Waals surface area contributed by atoms with Crippen molar-refractivity contribution in [2.45, 2.75) is 13.3 Å². The van der Waals surface area contributed by atoms with Crippen LogP contribution in [0.2, 0.25) is 0 Å². The first-order valence-corrected chi connectivity index (χ1v) is 6.29. The lowest BCUT2D eigenvalue weighted by atomic mass is 10.2. The minimum absolute atomic E-state index is 0.0242. The fraction of sp³-hybridized carbons (Fsp3) is 0.286. The van der Waals surface area contributed by atoms with Gasteiger partial charge < -0.3 is 20.1 Å². The molecule has 1 aliphatic heterocycles. The van der Waals surface area contributed by atoms with Gasteiger partial charge in [0.2, 0.25) is 6.79 Å². The van der Waals surface area contributed by atoms with E-state index in [4.69, 9.17) is 14.7 Å². The van der Waals surface area contributed by atoms with Crippen LogP contribution in [0.4, 0.5) is 5.69 Å². The van der Waals surface area contributed by atoms with E-state index in [1.54, 1.807) is 18.2 Å². The highest BCUT2D eigenvalue weighted by molar-refractivity contribution is 5.97. The van der Waals surface area contributed by atoms with Gasteiger partial charge in [-0.15, -0.1) is 0 Å². The van der Waals surface area contributed by atoms with E-state index in [1.807, 2.05) is 13.0 Å². The van der Waals surface area contributed by atoms with Crippen molar-refractivity contribution in [1.82, 2.24) is 5.32 Å². The molecule has 6 heteroatoms. The number of hydrogen-bond acceptors (Lipinski definition) is 5. The van der Waals surface area contributed by atoms with Crippen LogP contribution >= 0.6 is 0 Å². The summed E-state index contributed by atoms with van der Waals surface area (Å²) >= 11 is 0. The smallest absolute Gasteiger partial charge is 0.263 e. The topological polar surface area (TPSA) is 83.4 Å². The van der Waals surface area contributed by atoms with Gasteiger partial charge in [-0.3, -0.25) is 4.79 Å². The SMILES string of the molecule is CCCNC(=O)/C(C#N)=C\Nc1ccc2c(c1)OCO2. The number of rotatable bonds is 5. The number of amides is 1. The molecule has 0 aromatic heterocycles. The number of nitrogens with zero attached hydrogens (tertiary/aromatic N) is 1. The Morgan fingerprint density at radius 1 is 1.45 bits per heavy atom. The van der Waals surface area contributed by atoms with Gasteiger partial charge in [0, 0.05) is 24.5 Å². The van der Waals surface area contributed by atoms with Crippen LogP contribution in [-0.2, 0) is 4.79 Å². The van der Waals surface area contributed by atoms with Gasteiger partial charge in [0.25, 0.3) is 5.91 Å². The number of carbonyl (C=O) groups excluding carboxylic acids is 1. The lowest BCUT2D eigenvalue weighted by Crippen LogP contribution is -2.25. The molecule has 2 rings (SSSR count). The number of ether oxygens (including phenoxy) is 2. The summed E-state index contributed by atoms with van der Waals surface area (Å²) in [5.74, 6) is 0.931. The Morgan fingerprint density at radius 3 is 3.00 bits per heavy atom. The molecular formula is C14H15N3O3. The summed E-state index contributed by atoms with van der Waals surface area (Å²) in [6, 6.07) is 7.16. The zero-order valence-corrected chi connectivity index (χ0v) is 11.1. The molecule has 1 amide bonds. The van der Waals surface area contributed by atoms with E-state index in [0.29, 0.717) is 23.7 Å². The highest BCUT2D eigenvalue weighted by Crippen LogP contribution is 2.34. The van der Waals surface area contributed by atoms with Crippen molar-refractivity contribution in [2.75, 3.05) is 18.7 Å². The van der Waals surface area contributed by atoms with E-state index in [-0.39, 0.29) is 18.3 Å². The molecule has 20 heavy (non-hydrogen) atoms. The van der Waals surface area contributed by atoms with Crippen LogP contribution in [0.1, 0.15) is 13.3 Å². The molecule has 0 saturated heterocycles. The van der Waals surface area contributed by atoms with Gasteiger partial charge in [0.1, 0.15) is 11.6 Å². The molecule has 0 unspecified atom stereocenters. The van der Waals surface area contributed by atoms with E-state index < -0.39 is 0 Å². The Labute approximate surface area is 117 Å². The molecule has 0 aliphatic carbocycles. The molecule has 1 heterocycles. The zero-order chi connectivity index (χ0) is 14.4. The maximum atomic E-state index is 11.7. The standard InChI is InChI=1S/C14H15N3O3/c1-2-5-16-14(18)10(7-15)8-17-11-3-4-12-13(6-11)20-9-19-12/h3-4,6,8,17H,2,5,9H2,1H3,(H,16,18)/b10-8-. The maximum absolute atomic E-state index is 11.7. The number of nitrogens with one attached hydrogen (secondary N) is 2. The predicted octanol–water partition coefficient (Wildman–Crippen LogP) is 1.76. The largest absolute Gasteiger partial charge is 0.454 e. The van der Waals surface area contributed by atoms with Crippen LogP contribution in [0.3, 0.4) is 0 Å². The predicted molar refractivity (Wildman–Crippen MR) is 73.2 cm³/mol. The number of carbonyl (C=O) groups is 1. The average Bonchev–Trinajstić information content (AvgIpc) is 2.93. The Morgan fingerprint density at radius 2 is 2.25 bits per heavy atom. The Hall–Kier alpha value is -2.68. The van der Waals surface area contributed by atoms with Crippen molar-refractivity contribution < 1.29 is 14.3 Å². The summed E-state index contributed by atoms with van der Waals surface area (Å²) < 4.78 is 10.4. The fourth-order valence-electron chi connectivity index (χ4n) is 1.62. The first kappa shape index (κ1) is 13.7. The van der Waals surface area contributed by atoms with Gasteiger partial charge in [-0.1, -0.05) is 6.92 Å². The second-order valence-electron chi connectivity index (χ2n) is 4.14. The minimum Gasteiger partial charge on any atom is -0.454 e. The Kier molecular flexibility index (Phi) is 4.45. The third-order valence-electron chi connectivity index (χ3n) is 2.66. The molecule has 0 saturated carbocycles. The molecule has 0 spiro atoms. The molecule has 1 aromatic rings. The van der Waals surface area contributed by atoms with E-state index in [0.717, 1.165) is 6.42 Å². The van der Waals surface area contributed by atoms with Crippen LogP contribution in [-0.4, -0.2) is 19.2 Å². The third-order valence-corrected chi connectivity index (χ3v) is 2.66. The summed E-state index contributed by atoms with van der Waals surface area (Å²) in [5.41, 5.74) is 0.737. The van der Waals surface area contributed by atoms with Crippen molar-refractivity contribution in [3.05, 3.63) is 30.0 Å². The number of benzene rings is 1. The summed E-state index contributed by atoms with van der Waals surface area (Å²) in [6.45, 7) is 2.69. The molecule has 1 aliphatic rings. The monoisotopic (exact) mass is 273 g/mol. The van der Waals surface area contributed by atoms with Gasteiger partial charge >= 0.3 is 0 Å². The van der Waals surface area contributed by atoms with Crippen LogP contribution in [0.15, 0.2) is 30.0 Å². The maximum Gasteiger partial charge on any atom is 0.263 e. The molecule has 2 N–H and O–H groups in total.